The van der Waals surface area contributed by atoms with E-state index in [1.807, 2.05) is 0 Å². The molecule has 3 aromatic rings. The summed E-state index contributed by atoms with van der Waals surface area (Å²) in [6.45, 7) is 0. The molecule has 20 heavy (non-hydrogen) atoms. The van der Waals surface area contributed by atoms with Crippen molar-refractivity contribution in [2.45, 2.75) is 0 Å². The van der Waals surface area contributed by atoms with Crippen molar-refractivity contribution in [2.24, 2.45) is 0 Å². The largest absolute Gasteiger partial charge is 0.306 e. The molecule has 0 saturated heterocycles. The molecule has 3 heterocycles. The summed E-state index contributed by atoms with van der Waals surface area (Å²) < 4.78 is 1.80. The topological polar surface area (TPSA) is 72.7 Å². The maximum Gasteiger partial charge on any atom is 0.275 e. The third-order valence-electron chi connectivity index (χ3n) is 2.69. The lowest BCUT2D eigenvalue weighted by Crippen LogP contribution is -2.14. The van der Waals surface area contributed by atoms with E-state index in [1.54, 1.807) is 66.0 Å². The molecule has 3 aromatic heterocycles. The van der Waals surface area contributed by atoms with Crippen LogP contribution in [0.1, 0.15) is 10.5 Å². The highest BCUT2D eigenvalue weighted by Crippen LogP contribution is 2.09. The van der Waals surface area contributed by atoms with Gasteiger partial charge in [-0.3, -0.25) is 9.78 Å². The zero-order valence-corrected chi connectivity index (χ0v) is 10.5. The maximum atomic E-state index is 12.1. The first-order chi connectivity index (χ1) is 9.83. The summed E-state index contributed by atoms with van der Waals surface area (Å²) in [7, 11) is 0. The molecule has 0 bridgehead atoms. The number of amides is 1. The Balaban J connectivity index is 1.84. The number of nitrogens with one attached hydrogen (secondary N) is 1. The number of hydrogen-bond donors (Lipinski definition) is 1. The van der Waals surface area contributed by atoms with Crippen molar-refractivity contribution >= 4 is 11.7 Å². The normalized spacial score (nSPS) is 10.2. The molecular weight excluding hydrogens is 254 g/mol. The number of imidazole rings is 1. The van der Waals surface area contributed by atoms with E-state index >= 15 is 0 Å². The van der Waals surface area contributed by atoms with Gasteiger partial charge < -0.3 is 9.88 Å². The minimum Gasteiger partial charge on any atom is -0.306 e. The van der Waals surface area contributed by atoms with Crippen LogP contribution in [0.2, 0.25) is 0 Å². The Morgan fingerprint density at radius 2 is 2.05 bits per heavy atom. The minimum atomic E-state index is -0.300. The van der Waals surface area contributed by atoms with Crippen LogP contribution in [0.3, 0.4) is 0 Å². The van der Waals surface area contributed by atoms with Crippen molar-refractivity contribution in [3.05, 3.63) is 67.1 Å². The summed E-state index contributed by atoms with van der Waals surface area (Å²) in [6, 6.07) is 8.81. The zero-order valence-electron chi connectivity index (χ0n) is 10.5. The summed E-state index contributed by atoms with van der Waals surface area (Å²) >= 11 is 0. The molecule has 6 nitrogen and oxygen atoms in total. The molecule has 0 spiro atoms. The van der Waals surface area contributed by atoms with E-state index in [0.717, 1.165) is 5.69 Å². The molecule has 0 aliphatic rings. The van der Waals surface area contributed by atoms with E-state index in [9.17, 15) is 4.79 Å². The second-order valence-electron chi connectivity index (χ2n) is 4.04. The van der Waals surface area contributed by atoms with Crippen LogP contribution in [0.15, 0.2) is 61.4 Å². The van der Waals surface area contributed by atoms with Crippen LogP contribution in [0.5, 0.6) is 0 Å². The van der Waals surface area contributed by atoms with Gasteiger partial charge in [-0.05, 0) is 24.3 Å². The number of nitrogens with zero attached hydrogens (tertiary/aromatic N) is 4. The smallest absolute Gasteiger partial charge is 0.275 e. The number of anilines is 1. The van der Waals surface area contributed by atoms with Gasteiger partial charge in [0.1, 0.15) is 11.5 Å². The molecule has 0 fully saturated rings. The van der Waals surface area contributed by atoms with Crippen molar-refractivity contribution in [3.63, 3.8) is 0 Å². The van der Waals surface area contributed by atoms with Crippen molar-refractivity contribution in [2.75, 3.05) is 5.32 Å². The first-order valence-electron chi connectivity index (χ1n) is 6.00. The van der Waals surface area contributed by atoms with Crippen LogP contribution >= 0.6 is 0 Å². The molecule has 0 unspecified atom stereocenters. The second kappa shape index (κ2) is 5.31. The average molecular weight is 265 g/mol. The lowest BCUT2D eigenvalue weighted by Gasteiger charge is -2.06. The Hall–Kier alpha value is -3.02. The monoisotopic (exact) mass is 265 g/mol. The van der Waals surface area contributed by atoms with Crippen LogP contribution < -0.4 is 5.32 Å². The SMILES string of the molecule is O=C(Nc1ccccn1)c1cc(-n2ccnc2)ccn1. The summed E-state index contributed by atoms with van der Waals surface area (Å²) in [4.78, 5) is 24.2. The molecule has 0 aliphatic heterocycles. The molecule has 1 amide bonds. The number of carbonyl (C=O) groups is 1. The van der Waals surface area contributed by atoms with Gasteiger partial charge in [-0.2, -0.15) is 0 Å². The summed E-state index contributed by atoms with van der Waals surface area (Å²) in [5.41, 5.74) is 1.14. The minimum absolute atomic E-state index is 0.300. The number of rotatable bonds is 3. The van der Waals surface area contributed by atoms with Crippen molar-refractivity contribution in [1.82, 2.24) is 19.5 Å². The highest BCUT2D eigenvalue weighted by molar-refractivity contribution is 6.02. The van der Waals surface area contributed by atoms with Crippen LogP contribution in [-0.4, -0.2) is 25.4 Å². The van der Waals surface area contributed by atoms with Crippen LogP contribution in [0, 0.1) is 0 Å². The van der Waals surface area contributed by atoms with Crippen LogP contribution in [0.25, 0.3) is 5.69 Å². The van der Waals surface area contributed by atoms with Crippen molar-refractivity contribution in [1.29, 1.82) is 0 Å². The molecule has 0 aromatic carbocycles. The number of hydrogen-bond acceptors (Lipinski definition) is 4. The van der Waals surface area contributed by atoms with Gasteiger partial charge in [-0.15, -0.1) is 0 Å². The van der Waals surface area contributed by atoms with Gasteiger partial charge in [0.15, 0.2) is 0 Å². The van der Waals surface area contributed by atoms with E-state index in [4.69, 9.17) is 0 Å². The Morgan fingerprint density at radius 1 is 1.10 bits per heavy atom. The van der Waals surface area contributed by atoms with Gasteiger partial charge in [0.2, 0.25) is 0 Å². The quantitative estimate of drug-likeness (QED) is 0.785. The van der Waals surface area contributed by atoms with Crippen LogP contribution in [0.4, 0.5) is 5.82 Å². The van der Waals surface area contributed by atoms with Crippen LogP contribution in [-0.2, 0) is 0 Å². The fraction of sp³-hybridized carbons (Fsp3) is 0. The molecule has 6 heteroatoms. The molecule has 98 valence electrons. The van der Waals surface area contributed by atoms with Gasteiger partial charge >= 0.3 is 0 Å². The lowest BCUT2D eigenvalue weighted by atomic mass is 10.3. The average Bonchev–Trinajstić information content (AvgIpc) is 3.03. The molecule has 0 saturated carbocycles. The third-order valence-corrected chi connectivity index (χ3v) is 2.69. The molecule has 1 N–H and O–H groups in total. The van der Waals surface area contributed by atoms with Crippen molar-refractivity contribution < 1.29 is 4.79 Å². The molecule has 0 atom stereocenters. The van der Waals surface area contributed by atoms with Gasteiger partial charge in [0.05, 0.1) is 12.0 Å². The number of pyridine rings is 2. The van der Waals surface area contributed by atoms with E-state index in [1.165, 1.54) is 0 Å². The first-order valence-corrected chi connectivity index (χ1v) is 6.00. The standard InChI is InChI=1S/C14H11N5O/c20-14(18-13-3-1-2-5-17-13)12-9-11(4-6-16-12)19-8-7-15-10-19/h1-10H,(H,17,18,20). The summed E-state index contributed by atoms with van der Waals surface area (Å²) in [6.07, 6.45) is 8.34. The fourth-order valence-electron chi connectivity index (χ4n) is 1.73. The van der Waals surface area contributed by atoms with Crippen molar-refractivity contribution in [3.8, 4) is 5.69 Å². The Morgan fingerprint density at radius 3 is 2.80 bits per heavy atom. The first kappa shape index (κ1) is 12.0. The lowest BCUT2D eigenvalue weighted by molar-refractivity contribution is 0.102. The Kier molecular flexibility index (Phi) is 3.20. The van der Waals surface area contributed by atoms with Gasteiger partial charge in [0, 0.05) is 24.8 Å². The van der Waals surface area contributed by atoms with E-state index in [-0.39, 0.29) is 5.91 Å². The zero-order chi connectivity index (χ0) is 13.8. The summed E-state index contributed by atoms with van der Waals surface area (Å²) in [5.74, 6) is 0.193. The van der Waals surface area contributed by atoms with Gasteiger partial charge in [-0.1, -0.05) is 6.07 Å². The van der Waals surface area contributed by atoms with E-state index in [2.05, 4.69) is 20.3 Å². The maximum absolute atomic E-state index is 12.1. The predicted molar refractivity (Wildman–Crippen MR) is 73.5 cm³/mol. The third kappa shape index (κ3) is 2.54. The molecule has 0 radical (unpaired) electrons. The van der Waals surface area contributed by atoms with Gasteiger partial charge in [0.25, 0.3) is 5.91 Å². The molecule has 3 rings (SSSR count). The van der Waals surface area contributed by atoms with E-state index in [0.29, 0.717) is 11.5 Å². The Bertz CT molecular complexity index is 709. The highest BCUT2D eigenvalue weighted by atomic mass is 16.1. The number of carbonyl (C=O) groups excluding carboxylic acids is 1. The fourth-order valence-corrected chi connectivity index (χ4v) is 1.73. The Labute approximate surface area is 115 Å². The summed E-state index contributed by atoms with van der Waals surface area (Å²) in [5, 5.41) is 2.69. The molecular formula is C14H11N5O. The molecule has 0 aliphatic carbocycles. The second-order valence-corrected chi connectivity index (χ2v) is 4.04. The predicted octanol–water partition coefficient (Wildman–Crippen LogP) is 1.91. The number of aromatic nitrogens is 4. The van der Waals surface area contributed by atoms with E-state index < -0.39 is 0 Å². The highest BCUT2D eigenvalue weighted by Gasteiger charge is 2.09. The van der Waals surface area contributed by atoms with Gasteiger partial charge in [-0.25, -0.2) is 9.97 Å².